The van der Waals surface area contributed by atoms with Gasteiger partial charge in [-0.15, -0.1) is 0 Å². The molecule has 1 aromatic rings. The number of ether oxygens (including phenoxy) is 1. The van der Waals surface area contributed by atoms with Gasteiger partial charge in [0.05, 0.1) is 10.6 Å². The summed E-state index contributed by atoms with van der Waals surface area (Å²) in [5.41, 5.74) is 0.351. The molecule has 2 saturated heterocycles. The molecule has 0 radical (unpaired) electrons. The lowest BCUT2D eigenvalue weighted by molar-refractivity contribution is -0.132. The van der Waals surface area contributed by atoms with Crippen LogP contribution in [-0.4, -0.2) is 68.8 Å². The summed E-state index contributed by atoms with van der Waals surface area (Å²) in [4.78, 5) is 28.9. The van der Waals surface area contributed by atoms with Crippen LogP contribution in [0.3, 0.4) is 0 Å². The lowest BCUT2D eigenvalue weighted by Gasteiger charge is -2.35. The van der Waals surface area contributed by atoms with E-state index in [0.717, 1.165) is 32.1 Å². The van der Waals surface area contributed by atoms with E-state index in [1.165, 1.54) is 21.3 Å². The van der Waals surface area contributed by atoms with E-state index < -0.39 is 10.0 Å². The molecule has 0 unspecified atom stereocenters. The van der Waals surface area contributed by atoms with Gasteiger partial charge in [0, 0.05) is 26.2 Å². The molecule has 8 nitrogen and oxygen atoms in total. The first-order chi connectivity index (χ1) is 15.3. The molecule has 176 valence electrons. The van der Waals surface area contributed by atoms with Crippen LogP contribution in [0.2, 0.25) is 0 Å². The first-order valence-corrected chi connectivity index (χ1v) is 13.0. The lowest BCUT2D eigenvalue weighted by Crippen LogP contribution is -2.47. The Labute approximate surface area is 190 Å². The highest BCUT2D eigenvalue weighted by atomic mass is 32.2. The van der Waals surface area contributed by atoms with Crippen molar-refractivity contribution in [2.45, 2.75) is 50.8 Å². The second-order valence-electron chi connectivity index (χ2n) is 9.46. The van der Waals surface area contributed by atoms with Crippen LogP contribution in [0, 0.1) is 11.8 Å². The minimum atomic E-state index is -3.71. The summed E-state index contributed by atoms with van der Waals surface area (Å²) >= 11 is 0. The minimum Gasteiger partial charge on any atom is -0.482 e. The lowest BCUT2D eigenvalue weighted by atomic mass is 9.94. The number of hydrogen-bond acceptors (Lipinski definition) is 5. The molecule has 0 spiro atoms. The molecule has 0 bridgehead atoms. The Bertz CT molecular complexity index is 962. The molecule has 2 fully saturated rings. The van der Waals surface area contributed by atoms with Crippen molar-refractivity contribution in [3.05, 3.63) is 18.2 Å². The maximum atomic E-state index is 13.4. The Hall–Kier alpha value is -2.13. The van der Waals surface area contributed by atoms with E-state index >= 15 is 0 Å². The molecule has 32 heavy (non-hydrogen) atoms. The number of piperidine rings is 1. The van der Waals surface area contributed by atoms with E-state index in [1.807, 2.05) is 4.90 Å². The van der Waals surface area contributed by atoms with Gasteiger partial charge in [-0.1, -0.05) is 26.7 Å². The van der Waals surface area contributed by atoms with Crippen molar-refractivity contribution in [1.29, 1.82) is 0 Å². The van der Waals surface area contributed by atoms with E-state index in [-0.39, 0.29) is 29.9 Å². The number of sulfonamides is 1. The summed E-state index contributed by atoms with van der Waals surface area (Å²) in [6, 6.07) is 4.61. The monoisotopic (exact) mass is 463 g/mol. The predicted octanol–water partition coefficient (Wildman–Crippen LogP) is 2.48. The Kier molecular flexibility index (Phi) is 6.76. The quantitative estimate of drug-likeness (QED) is 0.685. The number of nitrogens with zero attached hydrogens (tertiary/aromatic N) is 3. The summed E-state index contributed by atoms with van der Waals surface area (Å²) < 4.78 is 33.8. The fourth-order valence-electron chi connectivity index (χ4n) is 5.02. The van der Waals surface area contributed by atoms with Crippen molar-refractivity contribution >= 4 is 27.5 Å². The maximum absolute atomic E-state index is 13.4. The van der Waals surface area contributed by atoms with E-state index in [4.69, 9.17) is 4.74 Å². The van der Waals surface area contributed by atoms with E-state index in [0.29, 0.717) is 49.5 Å². The van der Waals surface area contributed by atoms with E-state index in [2.05, 4.69) is 13.8 Å². The molecular weight excluding hydrogens is 430 g/mol. The van der Waals surface area contributed by atoms with Crippen molar-refractivity contribution in [3.63, 3.8) is 0 Å². The Morgan fingerprint density at radius 3 is 2.38 bits per heavy atom. The van der Waals surface area contributed by atoms with E-state index in [9.17, 15) is 18.0 Å². The number of fused-ring (bicyclic) bond motifs is 1. The number of amides is 2. The molecule has 4 rings (SSSR count). The third-order valence-corrected chi connectivity index (χ3v) is 8.43. The molecule has 0 aliphatic carbocycles. The van der Waals surface area contributed by atoms with Gasteiger partial charge in [-0.2, -0.15) is 4.31 Å². The molecule has 3 aliphatic heterocycles. The maximum Gasteiger partial charge on any atom is 0.265 e. The number of anilines is 1. The smallest absolute Gasteiger partial charge is 0.265 e. The number of benzene rings is 1. The zero-order chi connectivity index (χ0) is 22.9. The topological polar surface area (TPSA) is 87.2 Å². The van der Waals surface area contributed by atoms with Gasteiger partial charge in [-0.3, -0.25) is 14.5 Å². The standard InChI is InChI=1S/C23H33N3O5S/c1-17-11-18(2)14-25(13-17)32(29,30)19-7-8-21-20(12-19)26(23(28)16-31-21)15-22(27)24-9-5-3-4-6-10-24/h7-8,12,17-18H,3-6,9-11,13-16H2,1-2H3/t17-,18-/m1/s1. The zero-order valence-corrected chi connectivity index (χ0v) is 19.8. The van der Waals surface area contributed by atoms with Gasteiger partial charge in [0.1, 0.15) is 12.3 Å². The summed E-state index contributed by atoms with van der Waals surface area (Å²) in [6.45, 7) is 6.23. The summed E-state index contributed by atoms with van der Waals surface area (Å²) in [5, 5.41) is 0. The Balaban J connectivity index is 1.60. The number of carbonyl (C=O) groups is 2. The predicted molar refractivity (Wildman–Crippen MR) is 121 cm³/mol. The number of rotatable bonds is 4. The molecule has 1 aromatic carbocycles. The third kappa shape index (κ3) is 4.78. The highest BCUT2D eigenvalue weighted by Gasteiger charge is 2.34. The molecular formula is C23H33N3O5S. The number of hydrogen-bond donors (Lipinski definition) is 0. The van der Waals surface area contributed by atoms with Crippen LogP contribution < -0.4 is 9.64 Å². The van der Waals surface area contributed by atoms with Gasteiger partial charge in [-0.05, 0) is 49.3 Å². The van der Waals surface area contributed by atoms with Crippen molar-refractivity contribution < 1.29 is 22.7 Å². The van der Waals surface area contributed by atoms with Crippen LogP contribution in [0.15, 0.2) is 23.1 Å². The van der Waals surface area contributed by atoms with Crippen molar-refractivity contribution in [3.8, 4) is 5.75 Å². The van der Waals surface area contributed by atoms with Gasteiger partial charge < -0.3 is 9.64 Å². The van der Waals surface area contributed by atoms with Gasteiger partial charge in [-0.25, -0.2) is 8.42 Å². The third-order valence-electron chi connectivity index (χ3n) is 6.60. The molecule has 0 N–H and O–H groups in total. The largest absolute Gasteiger partial charge is 0.482 e. The fraction of sp³-hybridized carbons (Fsp3) is 0.652. The normalized spacial score (nSPS) is 25.1. The van der Waals surface area contributed by atoms with Crippen molar-refractivity contribution in [1.82, 2.24) is 9.21 Å². The van der Waals surface area contributed by atoms with Crippen LogP contribution >= 0.6 is 0 Å². The van der Waals surface area contributed by atoms with E-state index in [1.54, 1.807) is 6.07 Å². The van der Waals surface area contributed by atoms with Gasteiger partial charge in [0.15, 0.2) is 6.61 Å². The SMILES string of the molecule is C[C@@H]1C[C@@H](C)CN(S(=O)(=O)c2ccc3c(c2)N(CC(=O)N2CCCCCC2)C(=O)CO3)C1. The molecule has 0 saturated carbocycles. The van der Waals surface area contributed by atoms with Gasteiger partial charge in [0.25, 0.3) is 5.91 Å². The molecule has 3 heterocycles. The fourth-order valence-corrected chi connectivity index (χ4v) is 6.72. The van der Waals surface area contributed by atoms with Crippen LogP contribution in [-0.2, 0) is 19.6 Å². The molecule has 3 aliphatic rings. The van der Waals surface area contributed by atoms with Crippen molar-refractivity contribution in [2.75, 3.05) is 44.2 Å². The minimum absolute atomic E-state index is 0.101. The average molecular weight is 464 g/mol. The van der Waals surface area contributed by atoms with Crippen LogP contribution in [0.25, 0.3) is 0 Å². The summed E-state index contributed by atoms with van der Waals surface area (Å²) in [5.74, 6) is 0.556. The number of carbonyl (C=O) groups excluding carboxylic acids is 2. The average Bonchev–Trinajstić information content (AvgIpc) is 3.04. The highest BCUT2D eigenvalue weighted by Crippen LogP contribution is 2.36. The zero-order valence-electron chi connectivity index (χ0n) is 19.0. The molecule has 9 heteroatoms. The highest BCUT2D eigenvalue weighted by molar-refractivity contribution is 7.89. The summed E-state index contributed by atoms with van der Waals surface area (Å²) in [7, 11) is -3.71. The van der Waals surface area contributed by atoms with Crippen LogP contribution in [0.1, 0.15) is 46.0 Å². The molecule has 2 amide bonds. The van der Waals surface area contributed by atoms with Crippen LogP contribution in [0.5, 0.6) is 5.75 Å². The van der Waals surface area contributed by atoms with Crippen molar-refractivity contribution in [2.24, 2.45) is 11.8 Å². The molecule has 0 aromatic heterocycles. The first-order valence-electron chi connectivity index (χ1n) is 11.6. The second kappa shape index (κ2) is 9.39. The number of likely N-dealkylation sites (tertiary alicyclic amines) is 1. The Morgan fingerprint density at radius 1 is 1.06 bits per heavy atom. The second-order valence-corrected chi connectivity index (χ2v) is 11.4. The summed E-state index contributed by atoms with van der Waals surface area (Å²) in [6.07, 6.45) is 5.16. The van der Waals surface area contributed by atoms with Gasteiger partial charge in [0.2, 0.25) is 15.9 Å². The Morgan fingerprint density at radius 2 is 1.72 bits per heavy atom. The molecule has 2 atom stereocenters. The van der Waals surface area contributed by atoms with Crippen LogP contribution in [0.4, 0.5) is 5.69 Å². The first kappa shape index (κ1) is 23.0. The van der Waals surface area contributed by atoms with Gasteiger partial charge >= 0.3 is 0 Å².